The molecular formula is C15H20N2. The second-order valence-electron chi connectivity index (χ2n) is 4.54. The van der Waals surface area contributed by atoms with Gasteiger partial charge in [0, 0.05) is 18.4 Å². The lowest BCUT2D eigenvalue weighted by atomic mass is 10.0. The van der Waals surface area contributed by atoms with Crippen molar-refractivity contribution in [3.63, 3.8) is 0 Å². The average Bonchev–Trinajstić information content (AvgIpc) is 2.72. The largest absolute Gasteiger partial charge is 0.347 e. The quantitative estimate of drug-likeness (QED) is 0.857. The molecule has 0 unspecified atom stereocenters. The van der Waals surface area contributed by atoms with Gasteiger partial charge in [-0.05, 0) is 55.6 Å². The molecule has 1 aromatic carbocycles. The molecule has 0 radical (unpaired) electrons. The molecule has 2 heteroatoms. The first-order chi connectivity index (χ1) is 8.22. The zero-order valence-electron chi connectivity index (χ0n) is 10.6. The van der Waals surface area contributed by atoms with E-state index in [1.165, 1.54) is 22.4 Å². The Balaban J connectivity index is 2.28. The van der Waals surface area contributed by atoms with E-state index < -0.39 is 0 Å². The first-order valence-electron chi connectivity index (χ1n) is 6.11. The molecule has 2 rings (SSSR count). The lowest BCUT2D eigenvalue weighted by molar-refractivity contribution is 0.730. The minimum Gasteiger partial charge on any atom is -0.347 e. The standard InChI is InChI=1S/C15H20N2/c1-12-5-3-6-13(2)15(12)11-17-10-4-7-14(17)8-9-16/h3-7,10H,8-9,11,16H2,1-2H3. The molecule has 0 amide bonds. The van der Waals surface area contributed by atoms with Gasteiger partial charge in [0.1, 0.15) is 0 Å². The van der Waals surface area contributed by atoms with Gasteiger partial charge in [-0.2, -0.15) is 0 Å². The number of nitrogens with zero attached hydrogens (tertiary/aromatic N) is 1. The summed E-state index contributed by atoms with van der Waals surface area (Å²) in [6, 6.07) is 10.7. The van der Waals surface area contributed by atoms with Gasteiger partial charge in [0.05, 0.1) is 0 Å². The number of aromatic nitrogens is 1. The van der Waals surface area contributed by atoms with E-state index in [9.17, 15) is 0 Å². The third-order valence-corrected chi connectivity index (χ3v) is 3.30. The average molecular weight is 228 g/mol. The monoisotopic (exact) mass is 228 g/mol. The molecule has 0 aliphatic heterocycles. The normalized spacial score (nSPS) is 10.8. The van der Waals surface area contributed by atoms with Gasteiger partial charge in [-0.3, -0.25) is 0 Å². The van der Waals surface area contributed by atoms with Crippen molar-refractivity contribution in [3.8, 4) is 0 Å². The van der Waals surface area contributed by atoms with Crippen LogP contribution in [-0.4, -0.2) is 11.1 Å². The van der Waals surface area contributed by atoms with Crippen molar-refractivity contribution >= 4 is 0 Å². The van der Waals surface area contributed by atoms with Gasteiger partial charge in [0.25, 0.3) is 0 Å². The molecule has 0 spiro atoms. The van der Waals surface area contributed by atoms with Gasteiger partial charge in [0.2, 0.25) is 0 Å². The molecule has 0 aliphatic rings. The molecule has 90 valence electrons. The summed E-state index contributed by atoms with van der Waals surface area (Å²) >= 11 is 0. The molecule has 2 N–H and O–H groups in total. The summed E-state index contributed by atoms with van der Waals surface area (Å²) in [5.74, 6) is 0. The Morgan fingerprint density at radius 1 is 1.06 bits per heavy atom. The molecule has 2 aromatic rings. The van der Waals surface area contributed by atoms with E-state index in [0.29, 0.717) is 6.54 Å². The Labute approximate surface area is 103 Å². The van der Waals surface area contributed by atoms with Crippen LogP contribution in [0.2, 0.25) is 0 Å². The Hall–Kier alpha value is -1.54. The Morgan fingerprint density at radius 2 is 1.76 bits per heavy atom. The van der Waals surface area contributed by atoms with Crippen LogP contribution in [0.5, 0.6) is 0 Å². The fraction of sp³-hybridized carbons (Fsp3) is 0.333. The highest BCUT2D eigenvalue weighted by atomic mass is 15.0. The van der Waals surface area contributed by atoms with Crippen molar-refractivity contribution in [2.45, 2.75) is 26.8 Å². The highest BCUT2D eigenvalue weighted by Gasteiger charge is 2.05. The molecule has 0 saturated heterocycles. The maximum absolute atomic E-state index is 5.63. The summed E-state index contributed by atoms with van der Waals surface area (Å²) in [4.78, 5) is 0. The van der Waals surface area contributed by atoms with E-state index in [4.69, 9.17) is 5.73 Å². The first kappa shape index (κ1) is 11.9. The van der Waals surface area contributed by atoms with E-state index in [1.807, 2.05) is 0 Å². The fourth-order valence-electron chi connectivity index (χ4n) is 2.25. The summed E-state index contributed by atoms with van der Waals surface area (Å²) < 4.78 is 2.29. The zero-order chi connectivity index (χ0) is 12.3. The van der Waals surface area contributed by atoms with E-state index >= 15 is 0 Å². The van der Waals surface area contributed by atoms with Crippen molar-refractivity contribution in [2.24, 2.45) is 5.73 Å². The maximum Gasteiger partial charge on any atom is 0.0478 e. The van der Waals surface area contributed by atoms with Gasteiger partial charge < -0.3 is 10.3 Å². The van der Waals surface area contributed by atoms with Crippen LogP contribution >= 0.6 is 0 Å². The third kappa shape index (κ3) is 2.59. The van der Waals surface area contributed by atoms with Crippen molar-refractivity contribution in [1.29, 1.82) is 0 Å². The first-order valence-corrected chi connectivity index (χ1v) is 6.11. The van der Waals surface area contributed by atoms with Crippen molar-refractivity contribution < 1.29 is 0 Å². The van der Waals surface area contributed by atoms with E-state index in [0.717, 1.165) is 13.0 Å². The predicted octanol–water partition coefficient (Wildman–Crippen LogP) is 2.65. The van der Waals surface area contributed by atoms with E-state index in [1.54, 1.807) is 0 Å². The molecule has 0 aliphatic carbocycles. The molecule has 17 heavy (non-hydrogen) atoms. The van der Waals surface area contributed by atoms with Gasteiger partial charge >= 0.3 is 0 Å². The minimum absolute atomic E-state index is 0.705. The Bertz CT molecular complexity index is 477. The number of benzene rings is 1. The maximum atomic E-state index is 5.63. The molecule has 0 fully saturated rings. The lowest BCUT2D eigenvalue weighted by Crippen LogP contribution is -2.10. The van der Waals surface area contributed by atoms with Crippen LogP contribution in [0.4, 0.5) is 0 Å². The summed E-state index contributed by atoms with van der Waals surface area (Å²) in [5.41, 5.74) is 11.1. The van der Waals surface area contributed by atoms with Gasteiger partial charge in [-0.15, -0.1) is 0 Å². The number of aryl methyl sites for hydroxylation is 2. The third-order valence-electron chi connectivity index (χ3n) is 3.30. The number of nitrogens with two attached hydrogens (primary N) is 1. The second kappa shape index (κ2) is 5.19. The molecule has 0 saturated carbocycles. The van der Waals surface area contributed by atoms with Gasteiger partial charge in [-0.1, -0.05) is 18.2 Å². The van der Waals surface area contributed by atoms with Crippen molar-refractivity contribution in [2.75, 3.05) is 6.54 Å². The molecule has 0 atom stereocenters. The molecular weight excluding hydrogens is 208 g/mol. The van der Waals surface area contributed by atoms with E-state index in [-0.39, 0.29) is 0 Å². The number of hydrogen-bond donors (Lipinski definition) is 1. The topological polar surface area (TPSA) is 30.9 Å². The molecule has 1 heterocycles. The fourth-order valence-corrected chi connectivity index (χ4v) is 2.25. The van der Waals surface area contributed by atoms with Crippen molar-refractivity contribution in [1.82, 2.24) is 4.57 Å². The predicted molar refractivity (Wildman–Crippen MR) is 72.2 cm³/mol. The highest BCUT2D eigenvalue weighted by Crippen LogP contribution is 2.16. The number of hydrogen-bond acceptors (Lipinski definition) is 1. The van der Waals surface area contributed by atoms with Crippen LogP contribution in [0.3, 0.4) is 0 Å². The Kier molecular flexibility index (Phi) is 3.64. The summed E-state index contributed by atoms with van der Waals surface area (Å²) in [6.07, 6.45) is 3.08. The summed E-state index contributed by atoms with van der Waals surface area (Å²) in [5, 5.41) is 0. The van der Waals surface area contributed by atoms with Crippen molar-refractivity contribution in [3.05, 3.63) is 58.9 Å². The van der Waals surface area contributed by atoms with E-state index in [2.05, 4.69) is 54.9 Å². The van der Waals surface area contributed by atoms with Crippen LogP contribution in [-0.2, 0) is 13.0 Å². The second-order valence-corrected chi connectivity index (χ2v) is 4.54. The lowest BCUT2D eigenvalue weighted by Gasteiger charge is -2.13. The summed E-state index contributed by atoms with van der Waals surface area (Å²) in [6.45, 7) is 6.00. The molecule has 2 nitrogen and oxygen atoms in total. The van der Waals surface area contributed by atoms with Crippen LogP contribution in [0, 0.1) is 13.8 Å². The van der Waals surface area contributed by atoms with Crippen LogP contribution in [0.25, 0.3) is 0 Å². The van der Waals surface area contributed by atoms with Gasteiger partial charge in [0.15, 0.2) is 0 Å². The van der Waals surface area contributed by atoms with Crippen LogP contribution < -0.4 is 5.73 Å². The Morgan fingerprint density at radius 3 is 2.41 bits per heavy atom. The minimum atomic E-state index is 0.705. The highest BCUT2D eigenvalue weighted by molar-refractivity contribution is 5.34. The molecule has 0 bridgehead atoms. The van der Waals surface area contributed by atoms with Gasteiger partial charge in [-0.25, -0.2) is 0 Å². The number of rotatable bonds is 4. The summed E-state index contributed by atoms with van der Waals surface area (Å²) in [7, 11) is 0. The zero-order valence-corrected chi connectivity index (χ0v) is 10.6. The SMILES string of the molecule is Cc1cccc(C)c1Cn1cccc1CCN. The van der Waals surface area contributed by atoms with Crippen LogP contribution in [0.1, 0.15) is 22.4 Å². The smallest absolute Gasteiger partial charge is 0.0478 e. The molecule has 1 aromatic heterocycles. The van der Waals surface area contributed by atoms with Crippen LogP contribution in [0.15, 0.2) is 36.5 Å².